The number of thiophene rings is 1. The Labute approximate surface area is 251 Å². The van der Waals surface area contributed by atoms with Gasteiger partial charge in [0.05, 0.1) is 22.4 Å². The normalized spacial score (nSPS) is 12.6. The number of pyridine rings is 1. The summed E-state index contributed by atoms with van der Waals surface area (Å²) < 4.78 is 4.90. The van der Waals surface area contributed by atoms with Gasteiger partial charge in [-0.2, -0.15) is 0 Å². The summed E-state index contributed by atoms with van der Waals surface area (Å²) in [7, 11) is 0. The van der Waals surface area contributed by atoms with Crippen molar-refractivity contribution in [1.82, 2.24) is 9.55 Å². The summed E-state index contributed by atoms with van der Waals surface area (Å²) in [5.74, 6) is 1.81. The molecule has 200 valence electrons. The molecule has 3 nitrogen and oxygen atoms in total. The van der Waals surface area contributed by atoms with Crippen molar-refractivity contribution in [3.8, 4) is 16.9 Å². The van der Waals surface area contributed by atoms with Gasteiger partial charge in [0.25, 0.3) is 0 Å². The highest BCUT2D eigenvalue weighted by atomic mass is 32.1. The first-order chi connectivity index (χ1) is 21.3. The van der Waals surface area contributed by atoms with Crippen molar-refractivity contribution in [3.63, 3.8) is 0 Å². The summed E-state index contributed by atoms with van der Waals surface area (Å²) in [5.41, 5.74) is 7.16. The predicted molar refractivity (Wildman–Crippen MR) is 183 cm³/mol. The maximum atomic E-state index is 5.41. The van der Waals surface area contributed by atoms with Gasteiger partial charge in [-0.25, -0.2) is 4.98 Å². The van der Waals surface area contributed by atoms with Gasteiger partial charge in [-0.1, -0.05) is 91.0 Å². The van der Waals surface area contributed by atoms with E-state index in [-0.39, 0.29) is 0 Å². The Morgan fingerprint density at radius 2 is 1.14 bits per heavy atom. The van der Waals surface area contributed by atoms with E-state index in [0.717, 1.165) is 34.0 Å². The molecule has 0 aliphatic carbocycles. The fourth-order valence-corrected chi connectivity index (χ4v) is 8.22. The molecule has 0 saturated heterocycles. The van der Waals surface area contributed by atoms with Crippen molar-refractivity contribution in [3.05, 3.63) is 140 Å². The molecule has 43 heavy (non-hydrogen) atoms. The molecule has 6 aromatic carbocycles. The van der Waals surface area contributed by atoms with E-state index in [1.807, 2.05) is 11.3 Å². The second kappa shape index (κ2) is 8.54. The van der Waals surface area contributed by atoms with Crippen molar-refractivity contribution in [2.24, 2.45) is 0 Å². The lowest BCUT2D eigenvalue weighted by atomic mass is 9.90. The summed E-state index contributed by atoms with van der Waals surface area (Å²) in [5, 5.41) is 7.59. The molecular formula is C39H23N3S. The van der Waals surface area contributed by atoms with E-state index in [0.29, 0.717) is 0 Å². The number of anilines is 3. The van der Waals surface area contributed by atoms with Crippen molar-refractivity contribution in [1.29, 1.82) is 0 Å². The number of rotatable bonds is 2. The number of hydrogen-bond donors (Lipinski definition) is 0. The van der Waals surface area contributed by atoms with E-state index in [2.05, 4.69) is 149 Å². The SMILES string of the molecule is c1cc(N2c3cc4sc5ccccc5c4cc3-c3cccc4cccc2c34)nc(-n2c3ccccc3c3ccccc32)c1. The Bertz CT molecular complexity index is 2530. The molecule has 0 fully saturated rings. The van der Waals surface area contributed by atoms with Crippen molar-refractivity contribution >= 4 is 81.3 Å². The maximum absolute atomic E-state index is 5.41. The van der Waals surface area contributed by atoms with Crippen LogP contribution in [0.25, 0.3) is 69.7 Å². The highest BCUT2D eigenvalue weighted by molar-refractivity contribution is 7.25. The Morgan fingerprint density at radius 3 is 1.95 bits per heavy atom. The van der Waals surface area contributed by atoms with Crippen LogP contribution in [0.4, 0.5) is 17.2 Å². The van der Waals surface area contributed by atoms with E-state index in [1.54, 1.807) is 0 Å². The number of fused-ring (bicyclic) bond motifs is 8. The van der Waals surface area contributed by atoms with Gasteiger partial charge >= 0.3 is 0 Å². The van der Waals surface area contributed by atoms with E-state index < -0.39 is 0 Å². The van der Waals surface area contributed by atoms with Crippen LogP contribution in [0.15, 0.2) is 140 Å². The first kappa shape index (κ1) is 23.1. The fraction of sp³-hybridized carbons (Fsp3) is 0. The lowest BCUT2D eigenvalue weighted by Gasteiger charge is -2.33. The van der Waals surface area contributed by atoms with Crippen molar-refractivity contribution in [2.45, 2.75) is 0 Å². The summed E-state index contributed by atoms with van der Waals surface area (Å²) in [4.78, 5) is 7.78. The highest BCUT2D eigenvalue weighted by Crippen LogP contribution is 2.53. The first-order valence-electron chi connectivity index (χ1n) is 14.6. The van der Waals surface area contributed by atoms with Crippen LogP contribution >= 0.6 is 11.3 Å². The van der Waals surface area contributed by atoms with Crippen molar-refractivity contribution in [2.75, 3.05) is 4.90 Å². The third-order valence-electron chi connectivity index (χ3n) is 8.91. The second-order valence-corrected chi connectivity index (χ2v) is 12.3. The topological polar surface area (TPSA) is 21.1 Å². The number of para-hydroxylation sites is 2. The molecule has 0 amide bonds. The van der Waals surface area contributed by atoms with Crippen LogP contribution in [0, 0.1) is 0 Å². The average molecular weight is 566 g/mol. The Morgan fingerprint density at radius 1 is 0.465 bits per heavy atom. The van der Waals surface area contributed by atoms with Gasteiger partial charge in [-0.3, -0.25) is 9.47 Å². The number of benzene rings is 6. The minimum absolute atomic E-state index is 0.906. The van der Waals surface area contributed by atoms with Crippen LogP contribution in [0.5, 0.6) is 0 Å². The lowest BCUT2D eigenvalue weighted by molar-refractivity contribution is 1.06. The van der Waals surface area contributed by atoms with E-state index in [9.17, 15) is 0 Å². The molecule has 1 aliphatic heterocycles. The smallest absolute Gasteiger partial charge is 0.140 e. The molecule has 0 spiro atoms. The Balaban J connectivity index is 1.28. The zero-order valence-corrected chi connectivity index (χ0v) is 23.8. The fourth-order valence-electron chi connectivity index (χ4n) is 7.10. The zero-order valence-electron chi connectivity index (χ0n) is 23.0. The highest BCUT2D eigenvalue weighted by Gasteiger charge is 2.28. The van der Waals surface area contributed by atoms with Gasteiger partial charge in [0.1, 0.15) is 11.6 Å². The summed E-state index contributed by atoms with van der Waals surface area (Å²) >= 11 is 1.86. The van der Waals surface area contributed by atoms with Gasteiger partial charge in [0.15, 0.2) is 0 Å². The molecule has 0 bridgehead atoms. The first-order valence-corrected chi connectivity index (χ1v) is 15.4. The van der Waals surface area contributed by atoms with Crippen LogP contribution < -0.4 is 4.90 Å². The molecule has 0 saturated carbocycles. The van der Waals surface area contributed by atoms with E-state index in [4.69, 9.17) is 4.98 Å². The van der Waals surface area contributed by atoms with E-state index in [1.165, 1.54) is 52.8 Å². The number of hydrogen-bond acceptors (Lipinski definition) is 3. The standard InChI is InChI=1S/C39H23N3S/c1-4-16-31-25(12-1)26-13-2-5-17-32(26)41(31)37-20-9-21-38(40-37)42-33-18-8-11-24-10-7-15-28(39(24)33)29-22-30-27-14-3-6-19-35(27)43-36(30)23-34(29)42/h1-23H. The zero-order chi connectivity index (χ0) is 28.1. The summed E-state index contributed by atoms with van der Waals surface area (Å²) in [6.45, 7) is 0. The molecule has 0 N–H and O–H groups in total. The molecule has 9 aromatic rings. The molecule has 1 aliphatic rings. The van der Waals surface area contributed by atoms with Crippen LogP contribution in [0.1, 0.15) is 0 Å². The lowest BCUT2D eigenvalue weighted by Crippen LogP contribution is -2.17. The third kappa shape index (κ3) is 3.16. The molecule has 4 heteroatoms. The second-order valence-electron chi connectivity index (χ2n) is 11.2. The van der Waals surface area contributed by atoms with Gasteiger partial charge in [0.2, 0.25) is 0 Å². The molecular weight excluding hydrogens is 543 g/mol. The number of nitrogens with zero attached hydrogens (tertiary/aromatic N) is 3. The monoisotopic (exact) mass is 565 g/mol. The molecule has 0 unspecified atom stereocenters. The molecule has 0 radical (unpaired) electrons. The quantitative estimate of drug-likeness (QED) is 0.208. The van der Waals surface area contributed by atoms with Gasteiger partial charge in [-0.05, 0) is 59.5 Å². The molecule has 4 heterocycles. The van der Waals surface area contributed by atoms with Crippen LogP contribution in [-0.4, -0.2) is 9.55 Å². The third-order valence-corrected chi connectivity index (χ3v) is 10.0. The Kier molecular flexibility index (Phi) is 4.60. The molecule has 0 atom stereocenters. The Hall–Kier alpha value is -5.45. The van der Waals surface area contributed by atoms with Crippen LogP contribution in [0.2, 0.25) is 0 Å². The minimum Gasteiger partial charge on any atom is -0.294 e. The van der Waals surface area contributed by atoms with Gasteiger partial charge < -0.3 is 0 Å². The maximum Gasteiger partial charge on any atom is 0.140 e. The van der Waals surface area contributed by atoms with Crippen LogP contribution in [-0.2, 0) is 0 Å². The number of aromatic nitrogens is 2. The summed E-state index contributed by atoms with van der Waals surface area (Å²) in [6, 6.07) is 50.4. The molecule has 10 rings (SSSR count). The minimum atomic E-state index is 0.906. The van der Waals surface area contributed by atoms with Gasteiger partial charge in [0, 0.05) is 41.9 Å². The summed E-state index contributed by atoms with van der Waals surface area (Å²) in [6.07, 6.45) is 0. The van der Waals surface area contributed by atoms with Crippen molar-refractivity contribution < 1.29 is 0 Å². The van der Waals surface area contributed by atoms with Crippen LogP contribution in [0.3, 0.4) is 0 Å². The van der Waals surface area contributed by atoms with Gasteiger partial charge in [-0.15, -0.1) is 11.3 Å². The predicted octanol–water partition coefficient (Wildman–Crippen LogP) is 11.1. The average Bonchev–Trinajstić information content (AvgIpc) is 3.60. The largest absolute Gasteiger partial charge is 0.294 e. The molecule has 3 aromatic heterocycles. The van der Waals surface area contributed by atoms with E-state index >= 15 is 0 Å².